The normalized spacial score (nSPS) is 15.3. The molecule has 5 N–H and O–H groups in total. The highest BCUT2D eigenvalue weighted by Gasteiger charge is 2.35. The maximum atomic E-state index is 12.1. The summed E-state index contributed by atoms with van der Waals surface area (Å²) in [6.07, 6.45) is 50.1. The highest BCUT2D eigenvalue weighted by molar-refractivity contribution is 7.91. The Morgan fingerprint density at radius 2 is 0.676 bits per heavy atom. The maximum absolute atomic E-state index is 12.1. The summed E-state index contributed by atoms with van der Waals surface area (Å²) in [6.45, 7) is 8.56. The molecule has 1 saturated carbocycles. The molecule has 1 aliphatic carbocycles. The predicted molar refractivity (Wildman–Crippen MR) is 538 cm³/mol. The Labute approximate surface area is 807 Å². The summed E-state index contributed by atoms with van der Waals surface area (Å²) in [6, 6.07) is 33.1. The van der Waals surface area contributed by atoms with E-state index in [1.54, 1.807) is 70.6 Å². The van der Waals surface area contributed by atoms with Crippen LogP contribution < -0.4 is 26.6 Å². The van der Waals surface area contributed by atoms with E-state index in [1.807, 2.05) is 238 Å². The molecule has 37 heteroatoms. The van der Waals surface area contributed by atoms with E-state index in [4.69, 9.17) is 34.9 Å². The summed E-state index contributed by atoms with van der Waals surface area (Å²) in [7, 11) is 12.2. The number of hydrogen-bond donors (Lipinski definition) is 5. The number of carbonyl (C=O) groups is 3. The van der Waals surface area contributed by atoms with Crippen molar-refractivity contribution >= 4 is 50.8 Å². The Hall–Kier alpha value is -15.6. The number of likely N-dealkylation sites (tertiary alicyclic amines) is 2. The van der Waals surface area contributed by atoms with Gasteiger partial charge in [0.05, 0.1) is 66.6 Å². The van der Waals surface area contributed by atoms with Gasteiger partial charge in [-0.3, -0.25) is 51.8 Å². The summed E-state index contributed by atoms with van der Waals surface area (Å²) in [4.78, 5) is 78.3. The van der Waals surface area contributed by atoms with Gasteiger partial charge in [0.15, 0.2) is 23.3 Å². The van der Waals surface area contributed by atoms with E-state index in [0.717, 1.165) is 206 Å². The number of rotatable bonds is 24. The Kier molecular flexibility index (Phi) is 29.3. The van der Waals surface area contributed by atoms with Crippen LogP contribution in [0.15, 0.2) is 221 Å². The quantitative estimate of drug-likeness (QED) is 0.0375. The van der Waals surface area contributed by atoms with Gasteiger partial charge < -0.3 is 36.4 Å². The van der Waals surface area contributed by atoms with Crippen molar-refractivity contribution in [3.8, 4) is 135 Å². The molecule has 36 nitrogen and oxygen atoms in total. The summed E-state index contributed by atoms with van der Waals surface area (Å²) in [5.74, 6) is 6.18. The van der Waals surface area contributed by atoms with Crippen LogP contribution in [0.2, 0.25) is 0 Å². The molecule has 3 aliphatic heterocycles. The number of nitrogens with zero attached hydrogens (tertiary/aromatic N) is 26. The Balaban J connectivity index is 0.000000128. The van der Waals surface area contributed by atoms with Crippen LogP contribution in [0.1, 0.15) is 104 Å². The SMILES string of the molecule is CC(=O)N1CCC(Nc2nc(-c3cccc(-c4cnn(C)c4)c3)ncc2-c2cnn(C)c2)CC1.CC(=O)N1CCCCC1CCNc1nc(-c2cccc(-c3cnn(C)c3)c2)ncc1-c1cnn(C)c1.CC(=O)NC1(CNc2nc(-c3cccc(-c4cnn(C)c4)c3)ncc2-c2cnn(C)c2)CCCCC1.Cn1cc(-c2cccc(-c3ncc(-c4cnn(C)c4)c(NC4CCS(=O)(=O)CC4)n3)c2)cn1. The molecule has 4 aliphatic rings. The van der Waals surface area contributed by atoms with E-state index in [0.29, 0.717) is 55.0 Å². The van der Waals surface area contributed by atoms with Crippen LogP contribution in [0.5, 0.6) is 0 Å². The second-order valence-electron chi connectivity index (χ2n) is 36.3. The first-order valence-electron chi connectivity index (χ1n) is 47.1. The van der Waals surface area contributed by atoms with Crippen LogP contribution in [-0.4, -0.2) is 222 Å². The molecule has 0 radical (unpaired) electrons. The van der Waals surface area contributed by atoms with Gasteiger partial charge in [-0.1, -0.05) is 92.1 Å². The fourth-order valence-electron chi connectivity index (χ4n) is 18.3. The zero-order valence-corrected chi connectivity index (χ0v) is 81.1. The number of piperidine rings is 2. The van der Waals surface area contributed by atoms with Crippen LogP contribution >= 0.6 is 0 Å². The van der Waals surface area contributed by atoms with Gasteiger partial charge >= 0.3 is 0 Å². The van der Waals surface area contributed by atoms with Crippen LogP contribution in [0.25, 0.3) is 135 Å². The first kappa shape index (κ1) is 95.2. The molecule has 1 atom stereocenters. The van der Waals surface area contributed by atoms with Crippen LogP contribution in [0, 0.1) is 0 Å². The molecule has 15 heterocycles. The smallest absolute Gasteiger partial charge is 0.219 e. The van der Waals surface area contributed by atoms with Gasteiger partial charge in [-0.15, -0.1) is 0 Å². The average molecular weight is 1890 g/mol. The minimum absolute atomic E-state index is 0.00164. The molecule has 20 rings (SSSR count). The third-order valence-corrected chi connectivity index (χ3v) is 27.4. The summed E-state index contributed by atoms with van der Waals surface area (Å²) < 4.78 is 37.9. The third-order valence-electron chi connectivity index (χ3n) is 25.7. The number of aromatic nitrogens is 24. The average Bonchev–Trinajstić information content (AvgIpc) is 1.64. The molecule has 716 valence electrons. The van der Waals surface area contributed by atoms with Crippen molar-refractivity contribution < 1.29 is 22.8 Å². The van der Waals surface area contributed by atoms with Gasteiger partial charge in [-0.05, 0) is 111 Å². The summed E-state index contributed by atoms with van der Waals surface area (Å²) in [5, 5.41) is 51.9. The second kappa shape index (κ2) is 42.8. The minimum Gasteiger partial charge on any atom is -0.369 e. The lowest BCUT2D eigenvalue weighted by molar-refractivity contribution is -0.132. The van der Waals surface area contributed by atoms with Crippen molar-refractivity contribution in [3.05, 3.63) is 221 Å². The molecule has 0 bridgehead atoms. The number of nitrogens with one attached hydrogen (secondary N) is 5. The molecule has 4 fully saturated rings. The molecule has 12 aromatic heterocycles. The first-order valence-corrected chi connectivity index (χ1v) is 48.9. The van der Waals surface area contributed by atoms with Crippen molar-refractivity contribution in [3.63, 3.8) is 0 Å². The van der Waals surface area contributed by atoms with Gasteiger partial charge in [-0.25, -0.2) is 48.3 Å². The predicted octanol–water partition coefficient (Wildman–Crippen LogP) is 14.6. The second-order valence-corrected chi connectivity index (χ2v) is 38.6. The number of hydrogen-bond acceptors (Lipinski definition) is 25. The first-order chi connectivity index (χ1) is 67.2. The molecule has 1 unspecified atom stereocenters. The topological polar surface area (TPSA) is 398 Å². The molecular weight excluding hydrogens is 1770 g/mol. The van der Waals surface area contributed by atoms with Gasteiger partial charge in [-0.2, -0.15) is 40.8 Å². The molecule has 3 amide bonds. The number of anilines is 4. The molecule has 4 aromatic carbocycles. The zero-order chi connectivity index (χ0) is 96.9. The zero-order valence-electron chi connectivity index (χ0n) is 80.2. The van der Waals surface area contributed by atoms with Gasteiger partial charge in [0, 0.05) is 291 Å². The van der Waals surface area contributed by atoms with Crippen molar-refractivity contribution in [2.45, 2.75) is 128 Å². The number of benzene rings is 4. The van der Waals surface area contributed by atoms with E-state index in [9.17, 15) is 22.8 Å². The number of aryl methyl sites for hydroxylation is 8. The van der Waals surface area contributed by atoms with Crippen LogP contribution in [0.4, 0.5) is 23.3 Å². The maximum Gasteiger partial charge on any atom is 0.219 e. The van der Waals surface area contributed by atoms with Crippen LogP contribution in [0.3, 0.4) is 0 Å². The molecular formula is C102H117N31O5S. The standard InChI is InChI=1S/2C27H32N8O.C25H28N8O.C23H25N7O2S/c1-19(36)35-12-5-4-9-24(35)10-11-28-27-25(23-15-31-34(3)18-23)16-29-26(32-27)21-8-6-7-20(13-21)22-14-30-33(2)17-22;1-19(36)33-27(10-5-4-6-11-27)18-29-26-24(23-14-31-35(3)17-23)15-28-25(32-26)21-9-7-8-20(12-21)22-13-30-34(2)16-22;1-17(34)33-9-7-22(8-10-33)29-25-23(21-13-28-32(3)16-21)14-26-24(30-25)19-6-4-5-18(11-19)20-12-27-31(2)15-20;1-29-14-18(11-25-29)16-4-3-5-17(10-16)22-24-13-21(19-12-26-30(2)15-19)23(28-22)27-20-6-8-33(31,32)9-7-20/h6-8,13-18,24H,4-5,9-12H2,1-3H3,(H,28,29,32);7-9,12-17H,4-6,10-11,18H2,1-3H3,(H,33,36)(H,28,29,32);4-6,11-16,22H,7-10H2,1-3H3,(H,26,29,30);3-5,10-15,20H,6-9H2,1-2H3,(H,24,27,28). The minimum atomic E-state index is -2.94. The fraction of sp³-hybridized carbons (Fsp3) is 0.343. The highest BCUT2D eigenvalue weighted by atomic mass is 32.2. The van der Waals surface area contributed by atoms with Crippen molar-refractivity contribution in [2.24, 2.45) is 56.4 Å². The number of amides is 3. The van der Waals surface area contributed by atoms with E-state index in [2.05, 4.69) is 109 Å². The summed E-state index contributed by atoms with van der Waals surface area (Å²) in [5.41, 5.74) is 19.1. The van der Waals surface area contributed by atoms with Crippen molar-refractivity contribution in [2.75, 3.05) is 65.5 Å². The van der Waals surface area contributed by atoms with E-state index in [1.165, 1.54) is 12.8 Å². The van der Waals surface area contributed by atoms with Gasteiger partial charge in [0.2, 0.25) is 17.7 Å². The largest absolute Gasteiger partial charge is 0.369 e. The third kappa shape index (κ3) is 23.9. The lowest BCUT2D eigenvalue weighted by atomic mass is 9.81. The van der Waals surface area contributed by atoms with Gasteiger partial charge in [0.1, 0.15) is 33.1 Å². The Bertz CT molecular complexity index is 7110. The molecule has 0 spiro atoms. The Morgan fingerprint density at radius 3 is 1.01 bits per heavy atom. The lowest BCUT2D eigenvalue weighted by Gasteiger charge is -2.38. The van der Waals surface area contributed by atoms with Gasteiger partial charge in [0.25, 0.3) is 0 Å². The molecule has 16 aromatic rings. The van der Waals surface area contributed by atoms with Crippen molar-refractivity contribution in [1.29, 1.82) is 0 Å². The van der Waals surface area contributed by atoms with E-state index >= 15 is 0 Å². The molecule has 139 heavy (non-hydrogen) atoms. The Morgan fingerprint density at radius 1 is 0.353 bits per heavy atom. The fourth-order valence-corrected chi connectivity index (χ4v) is 19.8. The molecule has 3 saturated heterocycles. The number of sulfone groups is 1. The summed E-state index contributed by atoms with van der Waals surface area (Å²) >= 11 is 0. The van der Waals surface area contributed by atoms with Crippen molar-refractivity contribution in [1.82, 2.24) is 133 Å². The highest BCUT2D eigenvalue weighted by Crippen LogP contribution is 2.39. The monoisotopic (exact) mass is 1890 g/mol. The van der Waals surface area contributed by atoms with E-state index < -0.39 is 9.84 Å². The van der Waals surface area contributed by atoms with E-state index in [-0.39, 0.29) is 52.9 Å². The van der Waals surface area contributed by atoms with Crippen LogP contribution in [-0.2, 0) is 80.6 Å². The lowest BCUT2D eigenvalue weighted by Crippen LogP contribution is -2.53. The number of carbonyl (C=O) groups excluding carboxylic acids is 3.